The fraction of sp³-hybridized carbons (Fsp3) is 0.412. The van der Waals surface area contributed by atoms with Crippen molar-refractivity contribution in [3.63, 3.8) is 0 Å². The molecule has 1 aromatic rings. The number of ketones is 2. The van der Waals surface area contributed by atoms with E-state index < -0.39 is 11.3 Å². The summed E-state index contributed by atoms with van der Waals surface area (Å²) in [4.78, 5) is 24.3. The van der Waals surface area contributed by atoms with Crippen molar-refractivity contribution in [3.8, 4) is 12.1 Å². The van der Waals surface area contributed by atoms with Gasteiger partial charge in [-0.25, -0.2) is 0 Å². The van der Waals surface area contributed by atoms with Gasteiger partial charge in [0.2, 0.25) is 0 Å². The third-order valence-corrected chi connectivity index (χ3v) is 4.15. The minimum Gasteiger partial charge on any atom is -0.298 e. The lowest BCUT2D eigenvalue weighted by Gasteiger charge is -2.23. The molecule has 0 bridgehead atoms. The first kappa shape index (κ1) is 14.9. The molecule has 0 amide bonds. The Hall–Kier alpha value is -2.46. The van der Waals surface area contributed by atoms with E-state index in [1.807, 2.05) is 25.1 Å². The average Bonchev–Trinajstić information content (AvgIpc) is 2.86. The predicted octanol–water partition coefficient (Wildman–Crippen LogP) is 2.97. The molecule has 2 atom stereocenters. The number of benzene rings is 1. The van der Waals surface area contributed by atoms with Gasteiger partial charge in [-0.1, -0.05) is 23.8 Å². The van der Waals surface area contributed by atoms with Crippen molar-refractivity contribution in [2.45, 2.75) is 32.6 Å². The van der Waals surface area contributed by atoms with Crippen molar-refractivity contribution < 1.29 is 9.59 Å². The van der Waals surface area contributed by atoms with Gasteiger partial charge < -0.3 is 0 Å². The molecule has 4 nitrogen and oxygen atoms in total. The van der Waals surface area contributed by atoms with Gasteiger partial charge >= 0.3 is 0 Å². The van der Waals surface area contributed by atoms with Crippen LogP contribution in [0.25, 0.3) is 0 Å². The SMILES string of the molecule is Cc1cccc(C(=O)C[C@H](C#N)[C@]2(C#N)CCCC2=O)c1. The summed E-state index contributed by atoms with van der Waals surface area (Å²) in [5.74, 6) is -1.27. The van der Waals surface area contributed by atoms with Gasteiger partial charge in [-0.2, -0.15) is 10.5 Å². The molecule has 0 aromatic heterocycles. The Morgan fingerprint density at radius 1 is 1.43 bits per heavy atom. The van der Waals surface area contributed by atoms with Gasteiger partial charge in [-0.15, -0.1) is 0 Å². The molecule has 0 N–H and O–H groups in total. The molecule has 106 valence electrons. The zero-order valence-electron chi connectivity index (χ0n) is 11.9. The standard InChI is InChI=1S/C17H16N2O2/c1-12-4-2-5-13(8-12)15(20)9-14(10-18)17(11-19)7-3-6-16(17)21/h2,4-5,8,14H,3,6-7,9H2,1H3/t14-,17-/m1/s1. The highest BCUT2D eigenvalue weighted by Crippen LogP contribution is 2.42. The summed E-state index contributed by atoms with van der Waals surface area (Å²) in [6.07, 6.45) is 1.23. The van der Waals surface area contributed by atoms with E-state index in [-0.39, 0.29) is 18.0 Å². The average molecular weight is 280 g/mol. The quantitative estimate of drug-likeness (QED) is 0.794. The van der Waals surface area contributed by atoms with Crippen LogP contribution in [0.1, 0.15) is 41.6 Å². The van der Waals surface area contributed by atoms with E-state index in [1.54, 1.807) is 18.2 Å². The highest BCUT2D eigenvalue weighted by atomic mass is 16.1. The number of nitrogens with zero attached hydrogens (tertiary/aromatic N) is 2. The Kier molecular flexibility index (Phi) is 4.19. The Labute approximate surface area is 124 Å². The number of hydrogen-bond acceptors (Lipinski definition) is 4. The first-order chi connectivity index (χ1) is 10.0. The first-order valence-electron chi connectivity index (χ1n) is 6.97. The fourth-order valence-electron chi connectivity index (χ4n) is 2.91. The molecule has 21 heavy (non-hydrogen) atoms. The van der Waals surface area contributed by atoms with Crippen LogP contribution in [-0.2, 0) is 4.79 Å². The summed E-state index contributed by atoms with van der Waals surface area (Å²) in [5.41, 5.74) is 0.184. The van der Waals surface area contributed by atoms with Gasteiger partial charge in [0.25, 0.3) is 0 Å². The number of rotatable bonds is 4. The maximum atomic E-state index is 12.3. The molecule has 0 radical (unpaired) electrons. The lowest BCUT2D eigenvalue weighted by molar-refractivity contribution is -0.124. The maximum absolute atomic E-state index is 12.3. The minimum atomic E-state index is -1.30. The van der Waals surface area contributed by atoms with E-state index >= 15 is 0 Å². The van der Waals surface area contributed by atoms with Gasteiger partial charge in [0.1, 0.15) is 5.41 Å². The van der Waals surface area contributed by atoms with Crippen molar-refractivity contribution in [3.05, 3.63) is 35.4 Å². The van der Waals surface area contributed by atoms with E-state index in [0.717, 1.165) is 5.56 Å². The summed E-state index contributed by atoms with van der Waals surface area (Å²) < 4.78 is 0. The van der Waals surface area contributed by atoms with Crippen LogP contribution in [0.2, 0.25) is 0 Å². The lowest BCUT2D eigenvalue weighted by atomic mass is 9.72. The van der Waals surface area contributed by atoms with Crippen LogP contribution in [0.3, 0.4) is 0 Å². The van der Waals surface area contributed by atoms with Crippen LogP contribution in [0.5, 0.6) is 0 Å². The van der Waals surface area contributed by atoms with Crippen LogP contribution < -0.4 is 0 Å². The number of carbonyl (C=O) groups is 2. The number of aryl methyl sites for hydroxylation is 1. The second-order valence-corrected chi connectivity index (χ2v) is 5.54. The normalized spacial score (nSPS) is 22.3. The fourth-order valence-corrected chi connectivity index (χ4v) is 2.91. The lowest BCUT2D eigenvalue weighted by Crippen LogP contribution is -2.34. The van der Waals surface area contributed by atoms with Gasteiger partial charge in [0.05, 0.1) is 18.1 Å². The topological polar surface area (TPSA) is 81.7 Å². The van der Waals surface area contributed by atoms with Crippen molar-refractivity contribution in [1.29, 1.82) is 10.5 Å². The minimum absolute atomic E-state index is 0.0841. The Bertz CT molecular complexity index is 666. The van der Waals surface area contributed by atoms with Crippen LogP contribution in [-0.4, -0.2) is 11.6 Å². The van der Waals surface area contributed by atoms with Gasteiger partial charge in [-0.05, 0) is 25.8 Å². The molecular weight excluding hydrogens is 264 g/mol. The highest BCUT2D eigenvalue weighted by molar-refractivity contribution is 5.98. The number of Topliss-reactive ketones (excluding diaryl/α,β-unsaturated/α-hetero) is 2. The first-order valence-corrected chi connectivity index (χ1v) is 6.97. The van der Waals surface area contributed by atoms with Crippen LogP contribution in [0.4, 0.5) is 0 Å². The summed E-state index contributed by atoms with van der Waals surface area (Å²) in [5, 5.41) is 18.7. The molecule has 2 rings (SSSR count). The third-order valence-electron chi connectivity index (χ3n) is 4.15. The number of carbonyl (C=O) groups excluding carboxylic acids is 2. The highest BCUT2D eigenvalue weighted by Gasteiger charge is 2.49. The second-order valence-electron chi connectivity index (χ2n) is 5.54. The van der Waals surface area contributed by atoms with E-state index in [4.69, 9.17) is 0 Å². The maximum Gasteiger partial charge on any atom is 0.164 e. The molecule has 4 heteroatoms. The molecule has 0 heterocycles. The van der Waals surface area contributed by atoms with Crippen LogP contribution >= 0.6 is 0 Å². The van der Waals surface area contributed by atoms with Crippen LogP contribution in [0, 0.1) is 40.9 Å². The summed E-state index contributed by atoms with van der Waals surface area (Å²) in [7, 11) is 0. The van der Waals surface area contributed by atoms with E-state index in [1.165, 1.54) is 0 Å². The summed E-state index contributed by atoms with van der Waals surface area (Å²) in [6.45, 7) is 1.88. The monoisotopic (exact) mass is 280 g/mol. The molecule has 0 saturated heterocycles. The Morgan fingerprint density at radius 2 is 2.19 bits per heavy atom. The molecule has 1 saturated carbocycles. The molecule has 1 fully saturated rings. The molecular formula is C17H16N2O2. The molecule has 0 unspecified atom stereocenters. The number of nitriles is 2. The Balaban J connectivity index is 2.24. The van der Waals surface area contributed by atoms with Crippen molar-refractivity contribution >= 4 is 11.6 Å². The smallest absolute Gasteiger partial charge is 0.164 e. The second kappa shape index (κ2) is 5.89. The van der Waals surface area contributed by atoms with Crippen LogP contribution in [0.15, 0.2) is 24.3 Å². The van der Waals surface area contributed by atoms with Gasteiger partial charge in [0, 0.05) is 18.4 Å². The Morgan fingerprint density at radius 3 is 2.71 bits per heavy atom. The van der Waals surface area contributed by atoms with Crippen molar-refractivity contribution in [1.82, 2.24) is 0 Å². The third kappa shape index (κ3) is 2.71. The van der Waals surface area contributed by atoms with E-state index in [0.29, 0.717) is 24.8 Å². The molecule has 1 aliphatic rings. The number of hydrogen-bond donors (Lipinski definition) is 0. The van der Waals surface area contributed by atoms with Crippen molar-refractivity contribution in [2.24, 2.45) is 11.3 Å². The summed E-state index contributed by atoms with van der Waals surface area (Å²) in [6, 6.07) is 11.2. The van der Waals surface area contributed by atoms with E-state index in [2.05, 4.69) is 0 Å². The van der Waals surface area contributed by atoms with Gasteiger partial charge in [0.15, 0.2) is 11.6 Å². The molecule has 1 aromatic carbocycles. The van der Waals surface area contributed by atoms with Crippen molar-refractivity contribution in [2.75, 3.05) is 0 Å². The zero-order chi connectivity index (χ0) is 15.5. The largest absolute Gasteiger partial charge is 0.298 e. The molecule has 1 aliphatic carbocycles. The van der Waals surface area contributed by atoms with Gasteiger partial charge in [-0.3, -0.25) is 9.59 Å². The molecule has 0 spiro atoms. The predicted molar refractivity (Wildman–Crippen MR) is 76.1 cm³/mol. The zero-order valence-corrected chi connectivity index (χ0v) is 11.9. The summed E-state index contributed by atoms with van der Waals surface area (Å²) >= 11 is 0. The van der Waals surface area contributed by atoms with E-state index in [9.17, 15) is 20.1 Å². The molecule has 0 aliphatic heterocycles.